The summed E-state index contributed by atoms with van der Waals surface area (Å²) in [7, 11) is 0. The van der Waals surface area contributed by atoms with E-state index < -0.39 is 6.03 Å². The number of amides is 3. The number of carbonyl (C=O) groups excluding carboxylic acids is 2. The number of carbonyl (C=O) groups is 2. The van der Waals surface area contributed by atoms with Crippen LogP contribution in [0.4, 0.5) is 10.5 Å². The number of primary amides is 1. The molecule has 0 aliphatic carbocycles. The van der Waals surface area contributed by atoms with E-state index in [0.29, 0.717) is 20.6 Å². The normalized spacial score (nSPS) is 16.9. The Labute approximate surface area is 165 Å². The maximum atomic E-state index is 12.7. The Morgan fingerprint density at radius 1 is 1.23 bits per heavy atom. The Hall–Kier alpha value is -1.80. The molecule has 0 radical (unpaired) electrons. The smallest absolute Gasteiger partial charge is 0.316 e. The summed E-state index contributed by atoms with van der Waals surface area (Å²) in [6.07, 6.45) is 1.93. The van der Waals surface area contributed by atoms with E-state index in [9.17, 15) is 9.59 Å². The lowest BCUT2D eigenvalue weighted by Gasteiger charge is -2.23. The molecule has 3 rings (SSSR count). The number of halogens is 2. The molecule has 1 aromatic heterocycles. The van der Waals surface area contributed by atoms with E-state index in [2.05, 4.69) is 16.0 Å². The summed E-state index contributed by atoms with van der Waals surface area (Å²) >= 11 is 13.3. The van der Waals surface area contributed by atoms with Gasteiger partial charge in [-0.05, 0) is 43.1 Å². The number of hydrogen-bond donors (Lipinski definition) is 4. The van der Waals surface area contributed by atoms with E-state index in [1.807, 2.05) is 0 Å². The van der Waals surface area contributed by atoms with Crippen molar-refractivity contribution in [2.24, 2.45) is 5.73 Å². The van der Waals surface area contributed by atoms with E-state index in [1.165, 1.54) is 11.3 Å². The molecular formula is C17H18Cl2N4O2S. The Balaban J connectivity index is 1.89. The molecule has 2 heterocycles. The minimum atomic E-state index is -0.725. The van der Waals surface area contributed by atoms with E-state index in [-0.39, 0.29) is 11.9 Å². The van der Waals surface area contributed by atoms with E-state index >= 15 is 0 Å². The van der Waals surface area contributed by atoms with Gasteiger partial charge in [-0.1, -0.05) is 29.3 Å². The molecule has 26 heavy (non-hydrogen) atoms. The van der Waals surface area contributed by atoms with E-state index in [0.717, 1.165) is 36.4 Å². The van der Waals surface area contributed by atoms with Gasteiger partial charge in [-0.3, -0.25) is 4.79 Å². The molecule has 0 saturated carbocycles. The lowest BCUT2D eigenvalue weighted by Crippen LogP contribution is -2.45. The van der Waals surface area contributed by atoms with Gasteiger partial charge in [0.1, 0.15) is 4.88 Å². The molecule has 0 unspecified atom stereocenters. The maximum Gasteiger partial charge on any atom is 0.316 e. The first-order chi connectivity index (χ1) is 12.4. The molecule has 138 valence electrons. The van der Waals surface area contributed by atoms with Crippen LogP contribution in [-0.4, -0.2) is 31.1 Å². The van der Waals surface area contributed by atoms with Crippen molar-refractivity contribution in [1.82, 2.24) is 10.6 Å². The number of benzene rings is 1. The molecule has 5 N–H and O–H groups in total. The Morgan fingerprint density at radius 2 is 2.04 bits per heavy atom. The zero-order valence-electron chi connectivity index (χ0n) is 13.8. The fourth-order valence-corrected chi connectivity index (χ4v) is 4.11. The summed E-state index contributed by atoms with van der Waals surface area (Å²) in [5, 5.41) is 9.65. The fraction of sp³-hybridized carbons (Fsp3) is 0.294. The molecule has 1 atom stereocenters. The molecule has 1 aliphatic heterocycles. The maximum absolute atomic E-state index is 12.7. The monoisotopic (exact) mass is 412 g/mol. The minimum absolute atomic E-state index is 0.0632. The van der Waals surface area contributed by atoms with Crippen LogP contribution in [0.5, 0.6) is 0 Å². The third-order valence-electron chi connectivity index (χ3n) is 4.03. The van der Waals surface area contributed by atoms with Crippen LogP contribution < -0.4 is 21.7 Å². The van der Waals surface area contributed by atoms with Crippen molar-refractivity contribution >= 4 is 52.2 Å². The lowest BCUT2D eigenvalue weighted by atomic mass is 10.1. The molecule has 0 spiro atoms. The summed E-state index contributed by atoms with van der Waals surface area (Å²) in [5.74, 6) is -0.237. The second kappa shape index (κ2) is 8.26. The van der Waals surface area contributed by atoms with Crippen LogP contribution in [0.1, 0.15) is 22.5 Å². The third kappa shape index (κ3) is 4.48. The number of urea groups is 1. The zero-order valence-corrected chi connectivity index (χ0v) is 16.1. The molecule has 6 nitrogen and oxygen atoms in total. The second-order valence-corrected chi connectivity index (χ2v) is 7.85. The summed E-state index contributed by atoms with van der Waals surface area (Å²) in [6, 6.07) is 6.26. The summed E-state index contributed by atoms with van der Waals surface area (Å²) in [4.78, 5) is 25.2. The molecule has 1 aromatic carbocycles. The molecule has 2 aromatic rings. The largest absolute Gasteiger partial charge is 0.351 e. The average Bonchev–Trinajstić information content (AvgIpc) is 3.01. The van der Waals surface area contributed by atoms with Gasteiger partial charge in [0.25, 0.3) is 5.91 Å². The standard InChI is InChI=1S/C17H18Cl2N4O2S/c18-11-4-3-9(6-12(11)19)14-7-13(23-17(20)25)15(26-14)16(24)22-10-2-1-5-21-8-10/h3-4,6-7,10,21H,1-2,5,8H2,(H,22,24)(H3,20,23,25)/t10-/m0/s1. The zero-order chi connectivity index (χ0) is 18.7. The summed E-state index contributed by atoms with van der Waals surface area (Å²) in [5.41, 5.74) is 6.42. The number of anilines is 1. The third-order valence-corrected chi connectivity index (χ3v) is 5.95. The quantitative estimate of drug-likeness (QED) is 0.616. The van der Waals surface area contributed by atoms with Crippen molar-refractivity contribution in [3.05, 3.63) is 39.2 Å². The highest BCUT2D eigenvalue weighted by molar-refractivity contribution is 7.18. The summed E-state index contributed by atoms with van der Waals surface area (Å²) in [6.45, 7) is 1.69. The van der Waals surface area contributed by atoms with Crippen molar-refractivity contribution in [3.63, 3.8) is 0 Å². The van der Waals surface area contributed by atoms with Gasteiger partial charge < -0.3 is 21.7 Å². The number of rotatable bonds is 4. The highest BCUT2D eigenvalue weighted by Crippen LogP contribution is 2.37. The highest BCUT2D eigenvalue weighted by Gasteiger charge is 2.22. The Bertz CT molecular complexity index is 834. The highest BCUT2D eigenvalue weighted by atomic mass is 35.5. The van der Waals surface area contributed by atoms with Gasteiger partial charge >= 0.3 is 6.03 Å². The van der Waals surface area contributed by atoms with Gasteiger partial charge in [0.2, 0.25) is 0 Å². The molecule has 9 heteroatoms. The van der Waals surface area contributed by atoms with Gasteiger partial charge in [-0.25, -0.2) is 4.79 Å². The molecule has 3 amide bonds. The van der Waals surface area contributed by atoms with Crippen LogP contribution in [0.15, 0.2) is 24.3 Å². The van der Waals surface area contributed by atoms with Crippen LogP contribution >= 0.6 is 34.5 Å². The first kappa shape index (κ1) is 19.0. The van der Waals surface area contributed by atoms with Crippen molar-refractivity contribution in [2.45, 2.75) is 18.9 Å². The summed E-state index contributed by atoms with van der Waals surface area (Å²) < 4.78 is 0. The predicted molar refractivity (Wildman–Crippen MR) is 106 cm³/mol. The Morgan fingerprint density at radius 3 is 2.69 bits per heavy atom. The first-order valence-electron chi connectivity index (χ1n) is 8.11. The predicted octanol–water partition coefficient (Wildman–Crippen LogP) is 3.69. The van der Waals surface area contributed by atoms with Crippen molar-refractivity contribution < 1.29 is 9.59 Å². The molecular weight excluding hydrogens is 395 g/mol. The van der Waals surface area contributed by atoms with Crippen molar-refractivity contribution in [1.29, 1.82) is 0 Å². The Kier molecular flexibility index (Phi) is 6.03. The van der Waals surface area contributed by atoms with Crippen LogP contribution in [0.2, 0.25) is 10.0 Å². The topological polar surface area (TPSA) is 96.2 Å². The number of nitrogens with one attached hydrogen (secondary N) is 3. The van der Waals surface area contributed by atoms with Crippen LogP contribution in [0.25, 0.3) is 10.4 Å². The number of nitrogens with two attached hydrogens (primary N) is 1. The number of thiophene rings is 1. The number of hydrogen-bond acceptors (Lipinski definition) is 4. The van der Waals surface area contributed by atoms with Gasteiger partial charge in [-0.15, -0.1) is 11.3 Å². The fourth-order valence-electron chi connectivity index (χ4n) is 2.80. The second-order valence-electron chi connectivity index (χ2n) is 5.99. The minimum Gasteiger partial charge on any atom is -0.351 e. The average molecular weight is 413 g/mol. The van der Waals surface area contributed by atoms with Gasteiger partial charge in [0.05, 0.1) is 15.7 Å². The van der Waals surface area contributed by atoms with Crippen LogP contribution in [0.3, 0.4) is 0 Å². The molecule has 1 saturated heterocycles. The SMILES string of the molecule is NC(=O)Nc1cc(-c2ccc(Cl)c(Cl)c2)sc1C(=O)N[C@H]1CCCNC1. The van der Waals surface area contributed by atoms with Gasteiger partial charge in [0, 0.05) is 17.5 Å². The number of piperidine rings is 1. The van der Waals surface area contributed by atoms with E-state index in [4.69, 9.17) is 28.9 Å². The van der Waals surface area contributed by atoms with E-state index in [1.54, 1.807) is 24.3 Å². The van der Waals surface area contributed by atoms with Gasteiger partial charge in [-0.2, -0.15) is 0 Å². The molecule has 0 bridgehead atoms. The first-order valence-corrected chi connectivity index (χ1v) is 9.68. The van der Waals surface area contributed by atoms with Crippen LogP contribution in [0, 0.1) is 0 Å². The van der Waals surface area contributed by atoms with Gasteiger partial charge in [0.15, 0.2) is 0 Å². The lowest BCUT2D eigenvalue weighted by molar-refractivity contribution is 0.0935. The molecule has 1 aliphatic rings. The molecule has 1 fully saturated rings. The van der Waals surface area contributed by atoms with Crippen LogP contribution in [-0.2, 0) is 0 Å². The van der Waals surface area contributed by atoms with Crippen molar-refractivity contribution in [2.75, 3.05) is 18.4 Å². The van der Waals surface area contributed by atoms with Crippen molar-refractivity contribution in [3.8, 4) is 10.4 Å².